The molecule has 126 valence electrons. The summed E-state index contributed by atoms with van der Waals surface area (Å²) in [5.41, 5.74) is 3.12. The van der Waals surface area contributed by atoms with Gasteiger partial charge in [-0.2, -0.15) is 10.1 Å². The molecule has 6 nitrogen and oxygen atoms in total. The molecule has 0 spiro atoms. The second kappa shape index (κ2) is 6.32. The molecule has 0 saturated heterocycles. The Morgan fingerprint density at radius 3 is 2.56 bits per heavy atom. The Balaban J connectivity index is 1.77. The van der Waals surface area contributed by atoms with Crippen molar-refractivity contribution in [3.05, 3.63) is 72.1 Å². The molecule has 1 aromatic heterocycles. The van der Waals surface area contributed by atoms with Crippen LogP contribution < -0.4 is 14.8 Å². The van der Waals surface area contributed by atoms with Gasteiger partial charge in [0, 0.05) is 5.70 Å². The standard InChI is InChI=1S/C19H18N4O2/c1-24-15-8-6-13(7-9-15)17-11-18(23-19(22-17)20-12-21-23)14-4-3-5-16(10-14)25-2/h3-12,18H,1-2H3,(H,20,21,22)/t18-/m0/s1. The van der Waals surface area contributed by atoms with Crippen LogP contribution in [-0.4, -0.2) is 29.0 Å². The van der Waals surface area contributed by atoms with Crippen LogP contribution >= 0.6 is 0 Å². The maximum absolute atomic E-state index is 5.36. The third-order valence-electron chi connectivity index (χ3n) is 4.24. The van der Waals surface area contributed by atoms with Crippen molar-refractivity contribution in [3.63, 3.8) is 0 Å². The summed E-state index contributed by atoms with van der Waals surface area (Å²) in [4.78, 5) is 4.33. The van der Waals surface area contributed by atoms with E-state index in [4.69, 9.17) is 9.47 Å². The molecular weight excluding hydrogens is 316 g/mol. The van der Waals surface area contributed by atoms with Gasteiger partial charge in [0.05, 0.1) is 14.2 Å². The molecule has 1 aliphatic heterocycles. The minimum Gasteiger partial charge on any atom is -0.497 e. The normalized spacial score (nSPS) is 15.8. The molecule has 4 rings (SSSR count). The Labute approximate surface area is 145 Å². The van der Waals surface area contributed by atoms with Gasteiger partial charge in [-0.15, -0.1) is 0 Å². The largest absolute Gasteiger partial charge is 0.497 e. The third kappa shape index (κ3) is 2.82. The van der Waals surface area contributed by atoms with Crippen molar-refractivity contribution in [2.24, 2.45) is 0 Å². The number of hydrogen-bond donors (Lipinski definition) is 1. The second-order valence-corrected chi connectivity index (χ2v) is 5.68. The van der Waals surface area contributed by atoms with Crippen molar-refractivity contribution in [1.82, 2.24) is 14.8 Å². The lowest BCUT2D eigenvalue weighted by Crippen LogP contribution is -2.20. The highest BCUT2D eigenvalue weighted by Gasteiger charge is 2.23. The van der Waals surface area contributed by atoms with Crippen LogP contribution in [0.15, 0.2) is 60.9 Å². The number of benzene rings is 2. The minimum absolute atomic E-state index is 0.0639. The van der Waals surface area contributed by atoms with Crippen LogP contribution in [-0.2, 0) is 0 Å². The van der Waals surface area contributed by atoms with Gasteiger partial charge in [0.15, 0.2) is 0 Å². The number of methoxy groups -OCH3 is 2. The van der Waals surface area contributed by atoms with Crippen LogP contribution in [0.3, 0.4) is 0 Å². The van der Waals surface area contributed by atoms with E-state index in [0.717, 1.165) is 28.3 Å². The van der Waals surface area contributed by atoms with E-state index in [-0.39, 0.29) is 6.04 Å². The van der Waals surface area contributed by atoms with Gasteiger partial charge in [0.25, 0.3) is 0 Å². The number of allylic oxidation sites excluding steroid dienone is 1. The Morgan fingerprint density at radius 1 is 1.00 bits per heavy atom. The summed E-state index contributed by atoms with van der Waals surface area (Å²) in [6, 6.07) is 15.9. The van der Waals surface area contributed by atoms with Crippen LogP contribution in [0.1, 0.15) is 17.2 Å². The van der Waals surface area contributed by atoms with E-state index in [2.05, 4.69) is 27.5 Å². The third-order valence-corrected chi connectivity index (χ3v) is 4.24. The lowest BCUT2D eigenvalue weighted by Gasteiger charge is -2.24. The summed E-state index contributed by atoms with van der Waals surface area (Å²) >= 11 is 0. The van der Waals surface area contributed by atoms with Gasteiger partial charge in [0.1, 0.15) is 23.9 Å². The molecule has 0 radical (unpaired) electrons. The quantitative estimate of drug-likeness (QED) is 0.793. The van der Waals surface area contributed by atoms with Crippen LogP contribution in [0.4, 0.5) is 5.95 Å². The number of hydrogen-bond acceptors (Lipinski definition) is 5. The number of nitrogens with zero attached hydrogens (tertiary/aromatic N) is 3. The Bertz CT molecular complexity index is 915. The van der Waals surface area contributed by atoms with Crippen LogP contribution in [0.5, 0.6) is 11.5 Å². The summed E-state index contributed by atoms with van der Waals surface area (Å²) in [6.45, 7) is 0. The van der Waals surface area contributed by atoms with Crippen molar-refractivity contribution in [1.29, 1.82) is 0 Å². The van der Waals surface area contributed by atoms with Crippen LogP contribution in [0.25, 0.3) is 5.70 Å². The Morgan fingerprint density at radius 2 is 1.80 bits per heavy atom. The first-order chi connectivity index (χ1) is 12.3. The van der Waals surface area contributed by atoms with E-state index in [0.29, 0.717) is 5.95 Å². The molecule has 2 aromatic carbocycles. The Hall–Kier alpha value is -3.28. The molecule has 6 heteroatoms. The molecule has 0 unspecified atom stereocenters. The molecule has 25 heavy (non-hydrogen) atoms. The fourth-order valence-electron chi connectivity index (χ4n) is 2.94. The van der Waals surface area contributed by atoms with E-state index < -0.39 is 0 Å². The summed E-state index contributed by atoms with van der Waals surface area (Å²) in [7, 11) is 3.33. The van der Waals surface area contributed by atoms with E-state index in [1.54, 1.807) is 20.5 Å². The zero-order valence-corrected chi connectivity index (χ0v) is 14.0. The first kappa shape index (κ1) is 15.3. The Kier molecular flexibility index (Phi) is 3.85. The maximum atomic E-state index is 5.36. The average molecular weight is 334 g/mol. The van der Waals surface area contributed by atoms with Crippen molar-refractivity contribution < 1.29 is 9.47 Å². The topological polar surface area (TPSA) is 61.2 Å². The highest BCUT2D eigenvalue weighted by Crippen LogP contribution is 2.33. The fraction of sp³-hybridized carbons (Fsp3) is 0.158. The molecule has 0 amide bonds. The van der Waals surface area contributed by atoms with E-state index >= 15 is 0 Å². The monoisotopic (exact) mass is 334 g/mol. The smallest absolute Gasteiger partial charge is 0.226 e. The summed E-state index contributed by atoms with van der Waals surface area (Å²) in [6.07, 6.45) is 3.69. The number of ether oxygens (including phenoxy) is 2. The van der Waals surface area contributed by atoms with E-state index in [1.165, 1.54) is 0 Å². The highest BCUT2D eigenvalue weighted by molar-refractivity contribution is 5.77. The number of fused-ring (bicyclic) bond motifs is 1. The molecule has 0 bridgehead atoms. The molecule has 3 aromatic rings. The fourth-order valence-corrected chi connectivity index (χ4v) is 2.94. The predicted molar refractivity (Wildman–Crippen MR) is 95.7 cm³/mol. The van der Waals surface area contributed by atoms with Gasteiger partial charge >= 0.3 is 0 Å². The van der Waals surface area contributed by atoms with Crippen LogP contribution in [0, 0.1) is 0 Å². The molecule has 0 saturated carbocycles. The van der Waals surface area contributed by atoms with Gasteiger partial charge in [-0.25, -0.2) is 4.68 Å². The summed E-state index contributed by atoms with van der Waals surface area (Å²) < 4.78 is 12.5. The average Bonchev–Trinajstić information content (AvgIpc) is 3.16. The van der Waals surface area contributed by atoms with Crippen molar-refractivity contribution in [2.45, 2.75) is 6.04 Å². The van der Waals surface area contributed by atoms with Crippen molar-refractivity contribution >= 4 is 11.6 Å². The van der Waals surface area contributed by atoms with Gasteiger partial charge in [-0.05, 0) is 53.6 Å². The number of anilines is 1. The van der Waals surface area contributed by atoms with Crippen molar-refractivity contribution in [3.8, 4) is 11.5 Å². The molecule has 2 heterocycles. The lowest BCUT2D eigenvalue weighted by atomic mass is 10.0. The zero-order valence-electron chi connectivity index (χ0n) is 14.0. The molecular formula is C19H18N4O2. The second-order valence-electron chi connectivity index (χ2n) is 5.68. The number of nitrogens with one attached hydrogen (secondary N) is 1. The zero-order chi connectivity index (χ0) is 17.2. The van der Waals surface area contributed by atoms with Crippen molar-refractivity contribution in [2.75, 3.05) is 19.5 Å². The molecule has 1 N–H and O–H groups in total. The molecule has 1 atom stereocenters. The molecule has 0 aliphatic carbocycles. The predicted octanol–water partition coefficient (Wildman–Crippen LogP) is 3.35. The maximum Gasteiger partial charge on any atom is 0.226 e. The van der Waals surface area contributed by atoms with Gasteiger partial charge < -0.3 is 14.8 Å². The van der Waals surface area contributed by atoms with Crippen LogP contribution in [0.2, 0.25) is 0 Å². The van der Waals surface area contributed by atoms with Gasteiger partial charge in [-0.3, -0.25) is 0 Å². The molecule has 0 fully saturated rings. The summed E-state index contributed by atoms with van der Waals surface area (Å²) in [5, 5.41) is 7.70. The highest BCUT2D eigenvalue weighted by atomic mass is 16.5. The van der Waals surface area contributed by atoms with E-state index in [1.807, 2.05) is 47.1 Å². The van der Waals surface area contributed by atoms with E-state index in [9.17, 15) is 0 Å². The number of aromatic nitrogens is 3. The van der Waals surface area contributed by atoms with Gasteiger partial charge in [-0.1, -0.05) is 12.1 Å². The number of rotatable bonds is 4. The first-order valence-electron chi connectivity index (χ1n) is 7.95. The summed E-state index contributed by atoms with van der Waals surface area (Å²) in [5.74, 6) is 2.35. The SMILES string of the molecule is COc1ccc(C2=C[C@@H](c3cccc(OC)c3)n3ncnc3N2)cc1. The lowest BCUT2D eigenvalue weighted by molar-refractivity contribution is 0.413. The molecule has 1 aliphatic rings. The minimum atomic E-state index is -0.0639. The first-order valence-corrected chi connectivity index (χ1v) is 7.95. The van der Waals surface area contributed by atoms with Gasteiger partial charge in [0.2, 0.25) is 5.95 Å².